The number of piperazine rings is 1. The third-order valence-electron chi connectivity index (χ3n) is 9.31. The lowest BCUT2D eigenvalue weighted by atomic mass is 9.74. The normalized spacial score (nSPS) is 17.6. The maximum Gasteiger partial charge on any atom is 0.232 e. The largest absolute Gasteiger partial charge is 0.381 e. The maximum absolute atomic E-state index is 13.7. The molecular formula is C35H38FN7OS. The number of nitrogens with one attached hydrogen (secondary N) is 2. The minimum Gasteiger partial charge on any atom is -0.381 e. The average Bonchev–Trinajstić information content (AvgIpc) is 3.53. The van der Waals surface area contributed by atoms with Crippen molar-refractivity contribution in [3.63, 3.8) is 0 Å². The summed E-state index contributed by atoms with van der Waals surface area (Å²) in [4.78, 5) is 17.0. The second-order valence-electron chi connectivity index (χ2n) is 12.0. The molecule has 7 rings (SSSR count). The molecule has 4 heterocycles. The van der Waals surface area contributed by atoms with Crippen molar-refractivity contribution < 1.29 is 9.13 Å². The first-order valence-electron chi connectivity index (χ1n) is 15.7. The van der Waals surface area contributed by atoms with Crippen LogP contribution in [0.1, 0.15) is 29.5 Å². The molecule has 10 heteroatoms. The molecular weight excluding hydrogens is 585 g/mol. The monoisotopic (exact) mass is 623 g/mol. The third kappa shape index (κ3) is 6.57. The van der Waals surface area contributed by atoms with Crippen LogP contribution in [0, 0.1) is 5.82 Å². The summed E-state index contributed by atoms with van der Waals surface area (Å²) >= 11 is 5.80. The number of rotatable bonds is 7. The van der Waals surface area contributed by atoms with Crippen LogP contribution in [0.3, 0.4) is 0 Å². The Kier molecular flexibility index (Phi) is 8.49. The van der Waals surface area contributed by atoms with E-state index in [1.807, 2.05) is 12.1 Å². The van der Waals surface area contributed by atoms with Gasteiger partial charge in [-0.05, 0) is 66.0 Å². The van der Waals surface area contributed by atoms with Gasteiger partial charge in [0, 0.05) is 76.2 Å². The van der Waals surface area contributed by atoms with E-state index in [-0.39, 0.29) is 11.2 Å². The number of nitrogens with zero attached hydrogens (tertiary/aromatic N) is 5. The second kappa shape index (κ2) is 13.0. The number of anilines is 4. The highest BCUT2D eigenvalue weighted by Crippen LogP contribution is 2.35. The van der Waals surface area contributed by atoms with Crippen molar-refractivity contribution in [1.29, 1.82) is 0 Å². The first kappa shape index (κ1) is 29.4. The van der Waals surface area contributed by atoms with Crippen LogP contribution in [0.2, 0.25) is 0 Å². The number of para-hydroxylation sites is 1. The van der Waals surface area contributed by atoms with Crippen LogP contribution < -0.4 is 25.3 Å². The molecule has 3 aliphatic rings. The molecule has 232 valence electrons. The summed E-state index contributed by atoms with van der Waals surface area (Å²) in [6.45, 7) is 7.06. The molecule has 0 spiro atoms. The van der Waals surface area contributed by atoms with E-state index in [9.17, 15) is 4.39 Å². The summed E-state index contributed by atoms with van der Waals surface area (Å²) in [6, 6.07) is 28.0. The second-order valence-corrected chi connectivity index (χ2v) is 12.5. The molecule has 0 bridgehead atoms. The number of aromatic nitrogens is 2. The third-order valence-corrected chi connectivity index (χ3v) is 9.55. The topological polar surface area (TPSA) is 68.8 Å². The summed E-state index contributed by atoms with van der Waals surface area (Å²) in [5.74, 6) is 2.01. The van der Waals surface area contributed by atoms with E-state index in [0.29, 0.717) is 30.8 Å². The minimum atomic E-state index is -0.235. The molecule has 2 N–H and O–H groups in total. The molecule has 1 aromatic heterocycles. The van der Waals surface area contributed by atoms with Gasteiger partial charge in [-0.25, -0.2) is 4.39 Å². The van der Waals surface area contributed by atoms with Crippen molar-refractivity contribution in [2.75, 3.05) is 66.0 Å². The number of hydrogen-bond acceptors (Lipinski definition) is 7. The van der Waals surface area contributed by atoms with Gasteiger partial charge >= 0.3 is 0 Å². The van der Waals surface area contributed by atoms with Crippen molar-refractivity contribution in [3.05, 3.63) is 107 Å². The SMILES string of the molecule is Fc1ccc(C2(CNC(=S)Nc3nc(N4CCN(c5ccccc5)CC4)cc(N4Cc5ccccc5C4)n3)CCOCC2)cc1. The number of hydrogen-bond donors (Lipinski definition) is 2. The number of benzene rings is 3. The maximum atomic E-state index is 13.7. The van der Waals surface area contributed by atoms with Crippen molar-refractivity contribution in [2.45, 2.75) is 31.3 Å². The number of halogens is 1. The van der Waals surface area contributed by atoms with E-state index in [2.05, 4.69) is 86.0 Å². The van der Waals surface area contributed by atoms with E-state index >= 15 is 0 Å². The Morgan fingerprint density at radius 3 is 2.04 bits per heavy atom. The fraction of sp³-hybridized carbons (Fsp3) is 0.343. The van der Waals surface area contributed by atoms with Gasteiger partial charge in [-0.3, -0.25) is 0 Å². The molecule has 0 amide bonds. The fourth-order valence-electron chi connectivity index (χ4n) is 6.66. The van der Waals surface area contributed by atoms with Gasteiger partial charge < -0.3 is 30.1 Å². The Bertz CT molecular complexity index is 1600. The zero-order chi connectivity index (χ0) is 30.6. The van der Waals surface area contributed by atoms with Crippen LogP contribution in [-0.4, -0.2) is 61.0 Å². The van der Waals surface area contributed by atoms with E-state index in [1.54, 1.807) is 0 Å². The van der Waals surface area contributed by atoms with Gasteiger partial charge in [-0.15, -0.1) is 0 Å². The average molecular weight is 624 g/mol. The Hall–Kier alpha value is -4.28. The van der Waals surface area contributed by atoms with E-state index in [0.717, 1.165) is 69.3 Å². The lowest BCUT2D eigenvalue weighted by Gasteiger charge is -2.38. The van der Waals surface area contributed by atoms with Gasteiger partial charge in [-0.1, -0.05) is 54.6 Å². The Morgan fingerprint density at radius 2 is 1.38 bits per heavy atom. The van der Waals surface area contributed by atoms with E-state index in [1.165, 1.54) is 28.9 Å². The number of fused-ring (bicyclic) bond motifs is 1. The lowest BCUT2D eigenvalue weighted by Crippen LogP contribution is -2.47. The zero-order valence-electron chi connectivity index (χ0n) is 25.3. The van der Waals surface area contributed by atoms with Crippen molar-refractivity contribution in [1.82, 2.24) is 15.3 Å². The highest BCUT2D eigenvalue weighted by Gasteiger charge is 2.35. The van der Waals surface area contributed by atoms with Gasteiger partial charge in [-0.2, -0.15) is 9.97 Å². The molecule has 3 aromatic carbocycles. The predicted octanol–water partition coefficient (Wildman–Crippen LogP) is 5.50. The van der Waals surface area contributed by atoms with Gasteiger partial charge in [0.1, 0.15) is 17.5 Å². The smallest absolute Gasteiger partial charge is 0.232 e. The lowest BCUT2D eigenvalue weighted by molar-refractivity contribution is 0.0515. The molecule has 3 aliphatic heterocycles. The molecule has 45 heavy (non-hydrogen) atoms. The van der Waals surface area contributed by atoms with E-state index < -0.39 is 0 Å². The highest BCUT2D eigenvalue weighted by molar-refractivity contribution is 7.80. The summed E-state index contributed by atoms with van der Waals surface area (Å²) in [5, 5.41) is 7.20. The molecule has 0 aliphatic carbocycles. The summed E-state index contributed by atoms with van der Waals surface area (Å²) < 4.78 is 19.4. The van der Waals surface area contributed by atoms with Crippen molar-refractivity contribution in [2.24, 2.45) is 0 Å². The van der Waals surface area contributed by atoms with Crippen LogP contribution in [0.5, 0.6) is 0 Å². The molecule has 0 unspecified atom stereocenters. The molecule has 2 saturated heterocycles. The zero-order valence-corrected chi connectivity index (χ0v) is 26.1. The first-order chi connectivity index (χ1) is 22.0. The standard InChI is InChI=1S/C35H38FN7OS/c36-29-12-10-28(11-13-29)35(14-20-44-21-15-35)25-37-34(45)40-33-38-31(42-18-16-41(17-19-42)30-8-2-1-3-9-30)22-32(39-33)43-23-26-6-4-5-7-27(26)24-43/h1-13,22H,14-21,23-25H2,(H2,37,38,39,40,45). The molecule has 2 fully saturated rings. The van der Waals surface area contributed by atoms with Crippen LogP contribution >= 0.6 is 12.2 Å². The molecule has 0 saturated carbocycles. The van der Waals surface area contributed by atoms with Gasteiger partial charge in [0.2, 0.25) is 5.95 Å². The quantitative estimate of drug-likeness (QED) is 0.260. The highest BCUT2D eigenvalue weighted by atomic mass is 32.1. The van der Waals surface area contributed by atoms with Gasteiger partial charge in [0.15, 0.2) is 5.11 Å². The summed E-state index contributed by atoms with van der Waals surface area (Å²) in [6.07, 6.45) is 1.66. The number of ether oxygens (including phenoxy) is 1. The Balaban J connectivity index is 1.09. The molecule has 0 atom stereocenters. The van der Waals surface area contributed by atoms with Crippen LogP contribution in [-0.2, 0) is 23.2 Å². The van der Waals surface area contributed by atoms with Gasteiger partial charge in [0.05, 0.1) is 0 Å². The first-order valence-corrected chi connectivity index (χ1v) is 16.1. The number of thiocarbonyl (C=S) groups is 1. The minimum absolute atomic E-state index is 0.203. The fourth-order valence-corrected chi connectivity index (χ4v) is 6.82. The molecule has 8 nitrogen and oxygen atoms in total. The van der Waals surface area contributed by atoms with E-state index in [4.69, 9.17) is 26.9 Å². The van der Waals surface area contributed by atoms with Crippen LogP contribution in [0.25, 0.3) is 0 Å². The van der Waals surface area contributed by atoms with Gasteiger partial charge in [0.25, 0.3) is 0 Å². The summed E-state index contributed by atoms with van der Waals surface area (Å²) in [7, 11) is 0. The van der Waals surface area contributed by atoms with Crippen molar-refractivity contribution >= 4 is 40.6 Å². The Morgan fingerprint density at radius 1 is 0.778 bits per heavy atom. The van der Waals surface area contributed by atoms with Crippen molar-refractivity contribution in [3.8, 4) is 0 Å². The van der Waals surface area contributed by atoms with Crippen LogP contribution in [0.15, 0.2) is 84.9 Å². The predicted molar refractivity (Wildman–Crippen MR) is 182 cm³/mol. The summed E-state index contributed by atoms with van der Waals surface area (Å²) in [5.41, 5.74) is 4.78. The Labute approximate surface area is 269 Å². The van der Waals surface area contributed by atoms with Crippen LogP contribution in [0.4, 0.5) is 27.7 Å². The molecule has 0 radical (unpaired) electrons. The molecule has 4 aromatic rings.